The van der Waals surface area contributed by atoms with Crippen molar-refractivity contribution < 1.29 is 38.2 Å². The Morgan fingerprint density at radius 2 is 1.65 bits per heavy atom. The summed E-state index contributed by atoms with van der Waals surface area (Å²) >= 11 is 0.981. The summed E-state index contributed by atoms with van der Waals surface area (Å²) < 4.78 is 29.3. The lowest BCUT2D eigenvalue weighted by Crippen LogP contribution is -2.42. The number of rotatable bonds is 10. The summed E-state index contributed by atoms with van der Waals surface area (Å²) in [5, 5.41) is 19.4. The van der Waals surface area contributed by atoms with Gasteiger partial charge in [-0.3, -0.25) is 24.9 Å². The molecule has 0 saturated heterocycles. The molecule has 0 bridgehead atoms. The van der Waals surface area contributed by atoms with Crippen molar-refractivity contribution >= 4 is 41.1 Å². The monoisotopic (exact) mass is 620 g/mol. The van der Waals surface area contributed by atoms with E-state index < -0.39 is 42.3 Å². The number of amides is 2. The Labute approximate surface area is 251 Å². The maximum absolute atomic E-state index is 14.7. The van der Waals surface area contributed by atoms with Crippen LogP contribution in [0.15, 0.2) is 66.3 Å². The number of nitrogens with zero attached hydrogens (tertiary/aromatic N) is 2. The topological polar surface area (TPSA) is 197 Å². The van der Waals surface area contributed by atoms with Crippen molar-refractivity contribution in [2.24, 2.45) is 17.2 Å². The number of carbonyl (C=O) groups excluding carboxylic acids is 3. The highest BCUT2D eigenvalue weighted by atomic mass is 32.1. The second-order valence-corrected chi connectivity index (χ2v) is 9.10. The predicted octanol–water partition coefficient (Wildman–Crippen LogP) is 3.58. The first kappa shape index (κ1) is 36.2. The fourth-order valence-corrected chi connectivity index (χ4v) is 4.91. The molecule has 0 unspecified atom stereocenters. The van der Waals surface area contributed by atoms with E-state index in [9.17, 15) is 28.6 Å². The Hall–Kier alpha value is -4.83. The predicted molar refractivity (Wildman–Crippen MR) is 162 cm³/mol. The molecule has 0 aliphatic rings. The van der Waals surface area contributed by atoms with Gasteiger partial charge in [0.05, 0.1) is 31.5 Å². The summed E-state index contributed by atoms with van der Waals surface area (Å²) in [5.74, 6) is -2.52. The van der Waals surface area contributed by atoms with E-state index in [-0.39, 0.29) is 21.9 Å². The Kier molecular flexibility index (Phi) is 15.0. The number of nitrogens with one attached hydrogen (secondary N) is 1. The fourth-order valence-electron chi connectivity index (χ4n) is 3.63. The molecule has 0 saturated carbocycles. The van der Waals surface area contributed by atoms with E-state index in [1.54, 1.807) is 24.3 Å². The minimum absolute atomic E-state index is 0.0304. The molecule has 232 valence electrons. The summed E-state index contributed by atoms with van der Waals surface area (Å²) in [7, 11) is 4.25. The average Bonchev–Trinajstić information content (AvgIpc) is 3.39. The minimum atomic E-state index is -0.900. The largest absolute Gasteiger partial charge is 0.495 e. The molecule has 15 heteroatoms. The quantitative estimate of drug-likeness (QED) is 0.0843. The number of aliphatic hydroxyl groups excluding tert-OH is 2. The molecule has 12 nitrogen and oxygen atoms in total. The van der Waals surface area contributed by atoms with E-state index >= 15 is 0 Å². The van der Waals surface area contributed by atoms with Gasteiger partial charge in [-0.2, -0.15) is 0 Å². The fraction of sp³-hybridized carbons (Fsp3) is 0.179. The number of hydrogen-bond acceptors (Lipinski definition) is 11. The molecule has 43 heavy (non-hydrogen) atoms. The van der Waals surface area contributed by atoms with E-state index in [2.05, 4.69) is 11.2 Å². The van der Waals surface area contributed by atoms with E-state index in [1.165, 1.54) is 27.3 Å². The SMILES string of the molecule is C=O.CN.CONc1ccc(-c2sc(N(Cc3c(F)cccc3F)C(=O)N(C)/C(N)=C/C=C(\N)O)c(C=O)c2CO)cc1. The van der Waals surface area contributed by atoms with Crippen LogP contribution in [0.5, 0.6) is 0 Å². The average molecular weight is 621 g/mol. The maximum atomic E-state index is 14.7. The summed E-state index contributed by atoms with van der Waals surface area (Å²) in [5.41, 5.74) is 19.4. The Morgan fingerprint density at radius 3 is 2.14 bits per heavy atom. The number of aldehydes is 1. The summed E-state index contributed by atoms with van der Waals surface area (Å²) in [6.07, 6.45) is 2.67. The molecular weight excluding hydrogens is 586 g/mol. The molecule has 3 rings (SSSR count). The molecule has 9 N–H and O–H groups in total. The summed E-state index contributed by atoms with van der Waals surface area (Å²) in [6.45, 7) is 0.849. The zero-order chi connectivity index (χ0) is 32.7. The van der Waals surface area contributed by atoms with Gasteiger partial charge >= 0.3 is 6.03 Å². The lowest BCUT2D eigenvalue weighted by Gasteiger charge is -2.28. The second kappa shape index (κ2) is 17.9. The molecule has 0 radical (unpaired) electrons. The van der Waals surface area contributed by atoms with Gasteiger partial charge < -0.3 is 32.2 Å². The van der Waals surface area contributed by atoms with Gasteiger partial charge in [0.15, 0.2) is 12.2 Å². The van der Waals surface area contributed by atoms with Crippen molar-refractivity contribution in [3.8, 4) is 10.4 Å². The Bertz CT molecular complexity index is 1410. The molecule has 2 amide bonds. The number of carbonyl (C=O) groups is 3. The number of nitrogens with two attached hydrogens (primary N) is 3. The van der Waals surface area contributed by atoms with Gasteiger partial charge in [0.2, 0.25) is 0 Å². The van der Waals surface area contributed by atoms with Gasteiger partial charge in [0, 0.05) is 29.1 Å². The van der Waals surface area contributed by atoms with Gasteiger partial charge in [0.1, 0.15) is 29.2 Å². The number of urea groups is 1. The van der Waals surface area contributed by atoms with E-state index in [4.69, 9.17) is 21.1 Å². The molecule has 0 aliphatic heterocycles. The highest BCUT2D eigenvalue weighted by molar-refractivity contribution is 7.20. The smallest absolute Gasteiger partial charge is 0.330 e. The number of benzene rings is 2. The van der Waals surface area contributed by atoms with Gasteiger partial charge in [-0.25, -0.2) is 13.6 Å². The van der Waals surface area contributed by atoms with Crippen LogP contribution < -0.4 is 27.6 Å². The van der Waals surface area contributed by atoms with Crippen LogP contribution in [0.2, 0.25) is 0 Å². The molecule has 0 spiro atoms. The lowest BCUT2D eigenvalue weighted by molar-refractivity contribution is -0.0980. The molecule has 1 aromatic heterocycles. The van der Waals surface area contributed by atoms with E-state index in [1.807, 2.05) is 6.79 Å². The lowest BCUT2D eigenvalue weighted by atomic mass is 10.1. The van der Waals surface area contributed by atoms with Crippen LogP contribution in [0.1, 0.15) is 21.5 Å². The van der Waals surface area contributed by atoms with Crippen molar-refractivity contribution in [1.29, 1.82) is 0 Å². The number of aliphatic hydroxyl groups is 2. The van der Waals surface area contributed by atoms with Crippen molar-refractivity contribution in [2.45, 2.75) is 13.2 Å². The number of hydrogen-bond donors (Lipinski definition) is 6. The zero-order valence-electron chi connectivity index (χ0n) is 23.7. The number of thiophene rings is 1. The van der Waals surface area contributed by atoms with Gasteiger partial charge in [0.25, 0.3) is 0 Å². The van der Waals surface area contributed by atoms with Gasteiger partial charge in [-0.05, 0) is 43.0 Å². The van der Waals surface area contributed by atoms with Crippen LogP contribution in [-0.2, 0) is 22.8 Å². The standard InChI is InChI=1S/C26H27F2N5O5S.CH5N.CH2O/c1-32(22(29)10-11-23(30)36)26(37)33(12-17-20(27)4-3-5-21(17)28)25-19(14-35)18(13-34)24(39-25)15-6-8-16(9-7-15)31-38-2;2*1-2/h3-11,14,31,34,36H,12-13,29-30H2,1-2H3;2H2,1H3;1H2/b22-10+,23-11+;;. The number of anilines is 2. The highest BCUT2D eigenvalue weighted by Gasteiger charge is 2.30. The summed E-state index contributed by atoms with van der Waals surface area (Å²) in [4.78, 5) is 41.2. The van der Waals surface area contributed by atoms with Crippen molar-refractivity contribution in [1.82, 2.24) is 4.90 Å². The number of halogens is 2. The zero-order valence-corrected chi connectivity index (χ0v) is 24.5. The van der Waals surface area contributed by atoms with Crippen LogP contribution >= 0.6 is 11.3 Å². The molecule has 0 atom stereocenters. The van der Waals surface area contributed by atoms with Crippen molar-refractivity contribution in [3.63, 3.8) is 0 Å². The van der Waals surface area contributed by atoms with Crippen LogP contribution in [0.4, 0.5) is 24.3 Å². The molecular formula is C28H34F2N6O6S. The van der Waals surface area contributed by atoms with Crippen LogP contribution in [0, 0.1) is 11.6 Å². The van der Waals surface area contributed by atoms with Crippen LogP contribution in [0.3, 0.4) is 0 Å². The summed E-state index contributed by atoms with van der Waals surface area (Å²) in [6, 6.07) is 9.26. The first-order valence-electron chi connectivity index (χ1n) is 12.2. The maximum Gasteiger partial charge on any atom is 0.330 e. The minimum Gasteiger partial charge on any atom is -0.495 e. The van der Waals surface area contributed by atoms with E-state index in [0.29, 0.717) is 22.4 Å². The first-order valence-corrected chi connectivity index (χ1v) is 13.0. The third kappa shape index (κ3) is 9.08. The number of allylic oxidation sites excluding steroid dienone is 2. The van der Waals surface area contributed by atoms with Gasteiger partial charge in [-0.15, -0.1) is 11.3 Å². The molecule has 0 fully saturated rings. The molecule has 0 aliphatic carbocycles. The Balaban J connectivity index is 0.00000221. The third-order valence-electron chi connectivity index (χ3n) is 5.62. The molecule has 2 aromatic carbocycles. The Morgan fingerprint density at radius 1 is 1.07 bits per heavy atom. The third-order valence-corrected chi connectivity index (χ3v) is 6.94. The van der Waals surface area contributed by atoms with Crippen LogP contribution in [-0.4, -0.2) is 55.4 Å². The molecule has 3 aromatic rings. The second-order valence-electron chi connectivity index (χ2n) is 8.10. The highest BCUT2D eigenvalue weighted by Crippen LogP contribution is 2.43. The van der Waals surface area contributed by atoms with Crippen molar-refractivity contribution in [3.05, 3.63) is 94.6 Å². The van der Waals surface area contributed by atoms with Crippen LogP contribution in [0.25, 0.3) is 10.4 Å². The van der Waals surface area contributed by atoms with Gasteiger partial charge in [-0.1, -0.05) is 18.2 Å². The van der Waals surface area contributed by atoms with Crippen molar-refractivity contribution in [2.75, 3.05) is 31.6 Å². The first-order chi connectivity index (χ1) is 20.6. The normalized spacial score (nSPS) is 11.0. The van der Waals surface area contributed by atoms with E-state index in [0.717, 1.165) is 45.4 Å². The molecule has 1 heterocycles.